The predicted molar refractivity (Wildman–Crippen MR) is 146 cm³/mol. The van der Waals surface area contributed by atoms with E-state index in [-0.39, 0.29) is 23.0 Å². The Hall–Kier alpha value is -3.40. The summed E-state index contributed by atoms with van der Waals surface area (Å²) in [6.45, 7) is 6.32. The number of nitrogens with one attached hydrogen (secondary N) is 2. The molecule has 196 valence electrons. The molecule has 1 aliphatic heterocycles. The Labute approximate surface area is 219 Å². The second kappa shape index (κ2) is 11.3. The molecule has 0 aromatic heterocycles. The van der Waals surface area contributed by atoms with Gasteiger partial charge < -0.3 is 15.3 Å². The minimum atomic E-state index is -3.72. The maximum atomic E-state index is 12.8. The smallest absolute Gasteiger partial charge is 0.324 e. The summed E-state index contributed by atoms with van der Waals surface area (Å²) in [5.74, 6) is 0. The minimum Gasteiger partial charge on any atom is -0.387 e. The third kappa shape index (κ3) is 6.88. The van der Waals surface area contributed by atoms with Crippen molar-refractivity contribution in [2.24, 2.45) is 0 Å². The van der Waals surface area contributed by atoms with Crippen LogP contribution in [0, 0.1) is 0 Å². The number of urea groups is 1. The van der Waals surface area contributed by atoms with E-state index in [0.717, 1.165) is 5.69 Å². The van der Waals surface area contributed by atoms with Crippen LogP contribution in [-0.4, -0.2) is 56.2 Å². The molecular weight excluding hydrogens is 488 g/mol. The van der Waals surface area contributed by atoms with Gasteiger partial charge in [-0.05, 0) is 62.2 Å². The third-order valence-corrected chi connectivity index (χ3v) is 7.92. The molecule has 0 radical (unpaired) electrons. The second-order valence-corrected chi connectivity index (χ2v) is 11.5. The molecule has 8 nitrogen and oxygen atoms in total. The van der Waals surface area contributed by atoms with Gasteiger partial charge in [0.25, 0.3) is 10.0 Å². The Morgan fingerprint density at radius 1 is 0.946 bits per heavy atom. The number of rotatable bonds is 11. The molecule has 3 aromatic carbocycles. The topological polar surface area (TPSA) is 102 Å². The molecule has 0 aliphatic carbocycles. The van der Waals surface area contributed by atoms with E-state index in [2.05, 4.69) is 10.0 Å². The largest absolute Gasteiger partial charge is 0.387 e. The molecule has 1 atom stereocenters. The molecule has 1 aliphatic rings. The fourth-order valence-electron chi connectivity index (χ4n) is 4.25. The van der Waals surface area contributed by atoms with E-state index in [1.54, 1.807) is 47.4 Å². The van der Waals surface area contributed by atoms with Crippen LogP contribution in [0.3, 0.4) is 0 Å². The summed E-state index contributed by atoms with van der Waals surface area (Å²) in [4.78, 5) is 16.7. The minimum absolute atomic E-state index is 0.0109. The number of β-amino-alcohol motifs (C(OH)–C–C–N with tert-alkyl or cyclic N) is 1. The first-order valence-electron chi connectivity index (χ1n) is 12.4. The number of amides is 2. The quantitative estimate of drug-likeness (QED) is 0.350. The molecule has 4 rings (SSSR count). The van der Waals surface area contributed by atoms with Crippen LogP contribution in [0.15, 0.2) is 89.8 Å². The lowest BCUT2D eigenvalue weighted by molar-refractivity contribution is 0.156. The molecule has 0 spiro atoms. The zero-order valence-electron chi connectivity index (χ0n) is 21.2. The third-order valence-electron chi connectivity index (χ3n) is 6.52. The zero-order chi connectivity index (χ0) is 26.5. The highest BCUT2D eigenvalue weighted by Crippen LogP contribution is 2.23. The molecule has 2 amide bonds. The number of carbonyl (C=O) groups is 1. The van der Waals surface area contributed by atoms with Crippen LogP contribution in [-0.2, 0) is 10.0 Å². The maximum Gasteiger partial charge on any atom is 0.324 e. The van der Waals surface area contributed by atoms with Crippen LogP contribution in [0.2, 0.25) is 0 Å². The van der Waals surface area contributed by atoms with Crippen molar-refractivity contribution in [2.75, 3.05) is 35.8 Å². The van der Waals surface area contributed by atoms with Gasteiger partial charge in [0.15, 0.2) is 0 Å². The summed E-state index contributed by atoms with van der Waals surface area (Å²) < 4.78 is 27.8. The van der Waals surface area contributed by atoms with Gasteiger partial charge in [0, 0.05) is 43.1 Å². The molecule has 9 heteroatoms. The summed E-state index contributed by atoms with van der Waals surface area (Å²) >= 11 is 0. The van der Waals surface area contributed by atoms with Crippen LogP contribution in [0.25, 0.3) is 0 Å². The number of nitrogens with zero attached hydrogens (tertiary/aromatic N) is 2. The number of aliphatic hydroxyl groups excluding tert-OH is 1. The van der Waals surface area contributed by atoms with E-state index >= 15 is 0 Å². The van der Waals surface area contributed by atoms with Crippen molar-refractivity contribution in [3.05, 3.63) is 90.5 Å². The summed E-state index contributed by atoms with van der Waals surface area (Å²) in [6.07, 6.45) is -0.118. The monoisotopic (exact) mass is 522 g/mol. The van der Waals surface area contributed by atoms with E-state index in [1.165, 1.54) is 12.1 Å². The first kappa shape index (κ1) is 26.7. The summed E-state index contributed by atoms with van der Waals surface area (Å²) in [6, 6.07) is 24.6. The number of benzene rings is 3. The number of anilines is 2. The molecule has 1 heterocycles. The number of carbonyl (C=O) groups excluding carboxylic acids is 1. The molecule has 1 fully saturated rings. The normalized spacial score (nSPS) is 15.2. The highest BCUT2D eigenvalue weighted by Gasteiger charge is 2.31. The SMILES string of the molecule is CC(C)(CCN1CCN(c2ccccc2)C1=O)NCC(O)c1cccc(NS(=O)(=O)c2ccccc2)c1. The van der Waals surface area contributed by atoms with Gasteiger partial charge in [-0.25, -0.2) is 13.2 Å². The van der Waals surface area contributed by atoms with Crippen molar-refractivity contribution in [3.8, 4) is 0 Å². The Kier molecular flexibility index (Phi) is 8.16. The van der Waals surface area contributed by atoms with Crippen molar-refractivity contribution in [1.29, 1.82) is 0 Å². The van der Waals surface area contributed by atoms with Crippen molar-refractivity contribution in [1.82, 2.24) is 10.2 Å². The van der Waals surface area contributed by atoms with Gasteiger partial charge in [-0.15, -0.1) is 0 Å². The van der Waals surface area contributed by atoms with Gasteiger partial charge in [0.1, 0.15) is 0 Å². The average Bonchev–Trinajstić information content (AvgIpc) is 3.27. The number of aliphatic hydroxyl groups is 1. The lowest BCUT2D eigenvalue weighted by atomic mass is 9.99. The van der Waals surface area contributed by atoms with E-state index in [0.29, 0.717) is 37.3 Å². The second-order valence-electron chi connectivity index (χ2n) is 9.83. The van der Waals surface area contributed by atoms with Gasteiger partial charge in [-0.1, -0.05) is 48.5 Å². The average molecular weight is 523 g/mol. The van der Waals surface area contributed by atoms with E-state index < -0.39 is 16.1 Å². The van der Waals surface area contributed by atoms with E-state index in [4.69, 9.17) is 0 Å². The predicted octanol–water partition coefficient (Wildman–Crippen LogP) is 4.22. The van der Waals surface area contributed by atoms with Crippen molar-refractivity contribution in [3.63, 3.8) is 0 Å². The van der Waals surface area contributed by atoms with Crippen molar-refractivity contribution in [2.45, 2.75) is 36.8 Å². The van der Waals surface area contributed by atoms with Crippen LogP contribution < -0.4 is 14.9 Å². The maximum absolute atomic E-state index is 12.8. The summed E-state index contributed by atoms with van der Waals surface area (Å²) in [7, 11) is -3.72. The van der Waals surface area contributed by atoms with Gasteiger partial charge in [-0.2, -0.15) is 0 Å². The molecule has 1 unspecified atom stereocenters. The molecule has 0 bridgehead atoms. The van der Waals surface area contributed by atoms with Crippen molar-refractivity contribution >= 4 is 27.4 Å². The molecule has 3 aromatic rings. The van der Waals surface area contributed by atoms with Gasteiger partial charge >= 0.3 is 6.03 Å². The molecule has 0 saturated carbocycles. The standard InChI is InChI=1S/C28H34N4O4S/c1-28(2,16-17-31-18-19-32(27(31)34)24-12-5-3-6-13-24)29-21-26(33)22-10-9-11-23(20-22)30-37(35,36)25-14-7-4-8-15-25/h3-15,20,26,29-30,33H,16-19,21H2,1-2H3. The highest BCUT2D eigenvalue weighted by molar-refractivity contribution is 7.92. The number of sulfonamides is 1. The number of hydrogen-bond acceptors (Lipinski definition) is 5. The van der Waals surface area contributed by atoms with Crippen LogP contribution in [0.4, 0.5) is 16.2 Å². The fraction of sp³-hybridized carbons (Fsp3) is 0.321. The van der Waals surface area contributed by atoms with Crippen LogP contribution in [0.5, 0.6) is 0 Å². The Morgan fingerprint density at radius 3 is 2.32 bits per heavy atom. The molecule has 3 N–H and O–H groups in total. The summed E-state index contributed by atoms with van der Waals surface area (Å²) in [5, 5.41) is 14.2. The van der Waals surface area contributed by atoms with Gasteiger partial charge in [0.2, 0.25) is 0 Å². The number of hydrogen-bond donors (Lipinski definition) is 3. The molecular formula is C28H34N4O4S. The Balaban J connectivity index is 1.29. The first-order chi connectivity index (χ1) is 17.6. The van der Waals surface area contributed by atoms with Gasteiger partial charge in [0.05, 0.1) is 11.0 Å². The van der Waals surface area contributed by atoms with E-state index in [9.17, 15) is 18.3 Å². The highest BCUT2D eigenvalue weighted by atomic mass is 32.2. The molecule has 1 saturated heterocycles. The zero-order valence-corrected chi connectivity index (χ0v) is 22.0. The fourth-order valence-corrected chi connectivity index (χ4v) is 5.33. The van der Waals surface area contributed by atoms with Gasteiger partial charge in [-0.3, -0.25) is 9.62 Å². The Bertz CT molecular complexity index is 1300. The van der Waals surface area contributed by atoms with Crippen LogP contribution >= 0.6 is 0 Å². The lowest BCUT2D eigenvalue weighted by Crippen LogP contribution is -2.44. The molecule has 37 heavy (non-hydrogen) atoms. The van der Waals surface area contributed by atoms with Crippen molar-refractivity contribution < 1.29 is 18.3 Å². The number of para-hydroxylation sites is 1. The first-order valence-corrected chi connectivity index (χ1v) is 13.9. The van der Waals surface area contributed by atoms with Crippen LogP contribution in [0.1, 0.15) is 31.9 Å². The lowest BCUT2D eigenvalue weighted by Gasteiger charge is -2.30. The van der Waals surface area contributed by atoms with E-state index in [1.807, 2.05) is 49.1 Å². The summed E-state index contributed by atoms with van der Waals surface area (Å²) in [5.41, 5.74) is 1.57. The Morgan fingerprint density at radius 2 is 1.62 bits per heavy atom.